The van der Waals surface area contributed by atoms with E-state index in [1.807, 2.05) is 32.9 Å². The Bertz CT molecular complexity index is 790. The van der Waals surface area contributed by atoms with E-state index >= 15 is 0 Å². The van der Waals surface area contributed by atoms with Crippen molar-refractivity contribution in [2.75, 3.05) is 13.1 Å². The summed E-state index contributed by atoms with van der Waals surface area (Å²) in [6.45, 7) is 6.68. The highest BCUT2D eigenvalue weighted by Gasteiger charge is 2.31. The molecular formula is C18H21NO4. The van der Waals surface area contributed by atoms with Crippen molar-refractivity contribution in [3.8, 4) is 0 Å². The van der Waals surface area contributed by atoms with Gasteiger partial charge in [0, 0.05) is 24.0 Å². The number of aryl methyl sites for hydroxylation is 3. The topological polar surface area (TPSA) is 70.8 Å². The van der Waals surface area contributed by atoms with E-state index in [9.17, 15) is 14.7 Å². The molecule has 1 aliphatic rings. The van der Waals surface area contributed by atoms with Crippen LogP contribution in [0.2, 0.25) is 0 Å². The zero-order valence-corrected chi connectivity index (χ0v) is 13.7. The van der Waals surface area contributed by atoms with Crippen molar-refractivity contribution in [1.82, 2.24) is 4.90 Å². The van der Waals surface area contributed by atoms with Crippen LogP contribution in [-0.4, -0.2) is 35.0 Å². The number of amides is 1. The second kappa shape index (κ2) is 5.72. The summed E-state index contributed by atoms with van der Waals surface area (Å²) in [6, 6.07) is 4.01. The van der Waals surface area contributed by atoms with E-state index in [1.165, 1.54) is 0 Å². The van der Waals surface area contributed by atoms with Crippen LogP contribution in [-0.2, 0) is 4.79 Å². The zero-order chi connectivity index (χ0) is 16.7. The van der Waals surface area contributed by atoms with Crippen molar-refractivity contribution < 1.29 is 19.1 Å². The Kier molecular flexibility index (Phi) is 3.88. The Balaban J connectivity index is 1.98. The molecule has 5 heteroatoms. The second-order valence-corrected chi connectivity index (χ2v) is 6.39. The first kappa shape index (κ1) is 15.6. The van der Waals surface area contributed by atoms with E-state index < -0.39 is 11.9 Å². The van der Waals surface area contributed by atoms with Gasteiger partial charge in [0.1, 0.15) is 5.58 Å². The third-order valence-corrected chi connectivity index (χ3v) is 4.73. The Morgan fingerprint density at radius 3 is 2.57 bits per heavy atom. The number of carbonyl (C=O) groups excluding carboxylic acids is 1. The molecule has 1 fully saturated rings. The van der Waals surface area contributed by atoms with Gasteiger partial charge in [0.25, 0.3) is 5.91 Å². The molecule has 23 heavy (non-hydrogen) atoms. The number of fused-ring (bicyclic) bond motifs is 1. The molecule has 0 bridgehead atoms. The lowest BCUT2D eigenvalue weighted by atomic mass is 9.97. The predicted octanol–water partition coefficient (Wildman–Crippen LogP) is 3.29. The molecule has 0 aliphatic carbocycles. The molecule has 1 aromatic heterocycles. The summed E-state index contributed by atoms with van der Waals surface area (Å²) in [4.78, 5) is 25.6. The highest BCUT2D eigenvalue weighted by atomic mass is 16.4. The molecule has 1 atom stereocenters. The number of hydrogen-bond acceptors (Lipinski definition) is 3. The van der Waals surface area contributed by atoms with Crippen LogP contribution in [0.15, 0.2) is 16.5 Å². The first-order chi connectivity index (χ1) is 10.9. The quantitative estimate of drug-likeness (QED) is 0.923. The van der Waals surface area contributed by atoms with Crippen LogP contribution < -0.4 is 0 Å². The van der Waals surface area contributed by atoms with Crippen molar-refractivity contribution in [1.29, 1.82) is 0 Å². The summed E-state index contributed by atoms with van der Waals surface area (Å²) in [5.74, 6) is -1.19. The summed E-state index contributed by atoms with van der Waals surface area (Å²) < 4.78 is 5.88. The molecule has 1 aliphatic heterocycles. The fourth-order valence-electron chi connectivity index (χ4n) is 3.39. The van der Waals surface area contributed by atoms with Crippen molar-refractivity contribution in [3.05, 3.63) is 34.6 Å². The van der Waals surface area contributed by atoms with E-state index in [-0.39, 0.29) is 12.5 Å². The first-order valence-corrected chi connectivity index (χ1v) is 7.91. The van der Waals surface area contributed by atoms with Gasteiger partial charge in [-0.05, 0) is 44.7 Å². The average Bonchev–Trinajstić information content (AvgIpc) is 2.89. The van der Waals surface area contributed by atoms with Crippen molar-refractivity contribution in [2.24, 2.45) is 5.92 Å². The number of aliphatic carboxylic acids is 1. The molecule has 1 N–H and O–H groups in total. The maximum atomic E-state index is 12.8. The van der Waals surface area contributed by atoms with Crippen LogP contribution in [0.4, 0.5) is 0 Å². The maximum Gasteiger partial charge on any atom is 0.308 e. The normalized spacial score (nSPS) is 18.4. The summed E-state index contributed by atoms with van der Waals surface area (Å²) in [5, 5.41) is 10.2. The summed E-state index contributed by atoms with van der Waals surface area (Å²) >= 11 is 0. The number of piperidine rings is 1. The van der Waals surface area contributed by atoms with Crippen LogP contribution in [0, 0.1) is 26.7 Å². The number of carboxylic acid groups (broad SMARTS) is 1. The lowest BCUT2D eigenvalue weighted by molar-refractivity contribution is -0.143. The molecule has 3 rings (SSSR count). The van der Waals surface area contributed by atoms with Crippen LogP contribution in [0.1, 0.15) is 40.1 Å². The van der Waals surface area contributed by atoms with Gasteiger partial charge in [-0.2, -0.15) is 0 Å². The number of rotatable bonds is 2. The lowest BCUT2D eigenvalue weighted by Gasteiger charge is -2.30. The maximum absolute atomic E-state index is 12.8. The first-order valence-electron chi connectivity index (χ1n) is 7.91. The molecule has 1 amide bonds. The molecule has 0 saturated carbocycles. The minimum Gasteiger partial charge on any atom is -0.481 e. The molecule has 0 radical (unpaired) electrons. The van der Waals surface area contributed by atoms with Gasteiger partial charge >= 0.3 is 5.97 Å². The highest BCUT2D eigenvalue weighted by molar-refractivity contribution is 6.00. The number of benzene rings is 1. The highest BCUT2D eigenvalue weighted by Crippen LogP contribution is 2.32. The summed E-state index contributed by atoms with van der Waals surface area (Å²) in [5.41, 5.74) is 3.66. The van der Waals surface area contributed by atoms with Crippen LogP contribution in [0.25, 0.3) is 11.0 Å². The fourth-order valence-corrected chi connectivity index (χ4v) is 3.39. The largest absolute Gasteiger partial charge is 0.481 e. The van der Waals surface area contributed by atoms with Gasteiger partial charge < -0.3 is 14.4 Å². The molecule has 1 saturated heterocycles. The molecule has 1 unspecified atom stereocenters. The second-order valence-electron chi connectivity index (χ2n) is 6.39. The minimum absolute atomic E-state index is 0.205. The van der Waals surface area contributed by atoms with Crippen molar-refractivity contribution in [2.45, 2.75) is 33.6 Å². The van der Waals surface area contributed by atoms with Crippen LogP contribution in [0.5, 0.6) is 0 Å². The van der Waals surface area contributed by atoms with Gasteiger partial charge in [0.2, 0.25) is 0 Å². The number of nitrogens with zero attached hydrogens (tertiary/aromatic N) is 1. The Labute approximate surface area is 134 Å². The van der Waals surface area contributed by atoms with Crippen LogP contribution >= 0.6 is 0 Å². The van der Waals surface area contributed by atoms with Gasteiger partial charge in [-0.15, -0.1) is 0 Å². The van der Waals surface area contributed by atoms with Crippen molar-refractivity contribution in [3.63, 3.8) is 0 Å². The molecular weight excluding hydrogens is 294 g/mol. The van der Waals surface area contributed by atoms with Crippen LogP contribution in [0.3, 0.4) is 0 Å². The van der Waals surface area contributed by atoms with Gasteiger partial charge in [0.15, 0.2) is 5.76 Å². The standard InChI is InChI=1S/C18H21NO4/c1-10-6-7-11(2)15-14(10)12(3)16(23-15)17(20)19-8-4-5-13(9-19)18(21)22/h6-7,13H,4-5,8-9H2,1-3H3,(H,21,22). The van der Waals surface area contributed by atoms with E-state index in [0.29, 0.717) is 25.1 Å². The van der Waals surface area contributed by atoms with Crippen molar-refractivity contribution >= 4 is 22.8 Å². The third-order valence-electron chi connectivity index (χ3n) is 4.73. The smallest absolute Gasteiger partial charge is 0.308 e. The molecule has 2 heterocycles. The van der Waals surface area contributed by atoms with Gasteiger partial charge in [-0.1, -0.05) is 12.1 Å². The Morgan fingerprint density at radius 2 is 1.91 bits per heavy atom. The van der Waals surface area contributed by atoms with E-state index in [4.69, 9.17) is 4.42 Å². The van der Waals surface area contributed by atoms with E-state index in [1.54, 1.807) is 4.90 Å². The Morgan fingerprint density at radius 1 is 1.22 bits per heavy atom. The molecule has 122 valence electrons. The SMILES string of the molecule is Cc1ccc(C)c2c(C)c(C(=O)N3CCCC(C(=O)O)C3)oc12. The zero-order valence-electron chi connectivity index (χ0n) is 13.7. The number of likely N-dealkylation sites (tertiary alicyclic amines) is 1. The minimum atomic E-state index is -0.837. The number of hydrogen-bond donors (Lipinski definition) is 1. The van der Waals surface area contributed by atoms with E-state index in [2.05, 4.69) is 0 Å². The van der Waals surface area contributed by atoms with Gasteiger partial charge in [0.05, 0.1) is 5.92 Å². The lowest BCUT2D eigenvalue weighted by Crippen LogP contribution is -2.42. The Hall–Kier alpha value is -2.30. The number of carboxylic acids is 1. The fraction of sp³-hybridized carbons (Fsp3) is 0.444. The molecule has 5 nitrogen and oxygen atoms in total. The molecule has 1 aromatic carbocycles. The summed E-state index contributed by atoms with van der Waals surface area (Å²) in [6.07, 6.45) is 1.33. The monoisotopic (exact) mass is 315 g/mol. The third kappa shape index (κ3) is 2.60. The summed E-state index contributed by atoms with van der Waals surface area (Å²) in [7, 11) is 0. The van der Waals surface area contributed by atoms with Gasteiger partial charge in [-0.25, -0.2) is 0 Å². The molecule has 0 spiro atoms. The molecule has 2 aromatic rings. The number of furan rings is 1. The van der Waals surface area contributed by atoms with Gasteiger partial charge in [-0.3, -0.25) is 9.59 Å². The van der Waals surface area contributed by atoms with E-state index in [0.717, 1.165) is 27.7 Å². The number of carbonyl (C=O) groups is 2. The predicted molar refractivity (Wildman–Crippen MR) is 86.7 cm³/mol. The average molecular weight is 315 g/mol.